The van der Waals surface area contributed by atoms with Crippen LogP contribution in [0.1, 0.15) is 32.1 Å². The molecule has 2 rings (SSSR count). The predicted molar refractivity (Wildman–Crippen MR) is 92.3 cm³/mol. The summed E-state index contributed by atoms with van der Waals surface area (Å²) >= 11 is 5.37. The molecule has 0 amide bonds. The lowest BCUT2D eigenvalue weighted by atomic mass is 9.94. The van der Waals surface area contributed by atoms with Gasteiger partial charge in [-0.1, -0.05) is 37.5 Å². The first-order valence-corrected chi connectivity index (χ1v) is 7.85. The monoisotopic (exact) mass is 336 g/mol. The number of hydrogen-bond acceptors (Lipinski definition) is 4. The molecule has 1 aromatic rings. The average Bonchev–Trinajstić information content (AvgIpc) is 2.54. The van der Waals surface area contributed by atoms with Crippen LogP contribution in [0.15, 0.2) is 30.3 Å². The summed E-state index contributed by atoms with van der Waals surface area (Å²) in [5, 5.41) is 17.9. The topological polar surface area (TPSA) is 112 Å². The summed E-state index contributed by atoms with van der Waals surface area (Å²) in [6.07, 6.45) is 5.32. The van der Waals surface area contributed by atoms with Crippen LogP contribution in [0.2, 0.25) is 0 Å². The fourth-order valence-corrected chi connectivity index (χ4v) is 3.10. The molecular formula is C14H20N6O2S. The van der Waals surface area contributed by atoms with Crippen LogP contribution < -0.4 is 16.1 Å². The molecule has 0 heterocycles. The minimum Gasteiger partial charge on any atom is -0.363 e. The highest BCUT2D eigenvalue weighted by atomic mass is 32.1. The molecule has 1 saturated carbocycles. The van der Waals surface area contributed by atoms with E-state index in [0.717, 1.165) is 31.4 Å². The van der Waals surface area contributed by atoms with Gasteiger partial charge in [0.05, 0.1) is 0 Å². The largest absolute Gasteiger partial charge is 0.363 e. The van der Waals surface area contributed by atoms with Gasteiger partial charge in [0.2, 0.25) is 0 Å². The summed E-state index contributed by atoms with van der Waals surface area (Å²) in [6.45, 7) is 0. The van der Waals surface area contributed by atoms with Crippen LogP contribution in [0.4, 0.5) is 5.69 Å². The lowest BCUT2D eigenvalue weighted by Crippen LogP contribution is -2.58. The van der Waals surface area contributed by atoms with Crippen molar-refractivity contribution in [1.29, 1.82) is 5.41 Å². The number of hydrazine groups is 2. The van der Waals surface area contributed by atoms with Crippen LogP contribution in [0.3, 0.4) is 0 Å². The van der Waals surface area contributed by atoms with Crippen LogP contribution in [0.5, 0.6) is 0 Å². The smallest absolute Gasteiger partial charge is 0.278 e. The Balaban J connectivity index is 2.24. The maximum Gasteiger partial charge on any atom is 0.278 e. The second kappa shape index (κ2) is 7.73. The Bertz CT molecular complexity index is 562. The molecule has 0 aromatic heterocycles. The molecule has 1 fully saturated rings. The number of nitrogens with one attached hydrogen (secondary N) is 2. The van der Waals surface area contributed by atoms with Crippen molar-refractivity contribution < 1.29 is 5.03 Å². The summed E-state index contributed by atoms with van der Waals surface area (Å²) in [5.74, 6) is -0.728. The van der Waals surface area contributed by atoms with Gasteiger partial charge in [0.25, 0.3) is 5.96 Å². The van der Waals surface area contributed by atoms with Gasteiger partial charge in [-0.05, 0) is 37.2 Å². The zero-order chi connectivity index (χ0) is 16.8. The summed E-state index contributed by atoms with van der Waals surface area (Å²) in [7, 11) is 0. The molecule has 124 valence electrons. The number of nitrogens with two attached hydrogens (primary N) is 1. The van der Waals surface area contributed by atoms with Crippen LogP contribution in [-0.4, -0.2) is 27.3 Å². The van der Waals surface area contributed by atoms with Gasteiger partial charge in [-0.3, -0.25) is 5.41 Å². The molecular weight excluding hydrogens is 316 g/mol. The van der Waals surface area contributed by atoms with E-state index < -0.39 is 11.0 Å². The van der Waals surface area contributed by atoms with Gasteiger partial charge < -0.3 is 10.6 Å². The molecule has 4 N–H and O–H groups in total. The number of thiocarbonyl (C=S) groups is 1. The summed E-state index contributed by atoms with van der Waals surface area (Å²) in [5.41, 5.74) is 8.55. The van der Waals surface area contributed by atoms with Crippen molar-refractivity contribution in [3.63, 3.8) is 0 Å². The van der Waals surface area contributed by atoms with Crippen molar-refractivity contribution >= 4 is 29.0 Å². The van der Waals surface area contributed by atoms with Crippen LogP contribution >= 0.6 is 12.2 Å². The van der Waals surface area contributed by atoms with Crippen LogP contribution in [0.25, 0.3) is 0 Å². The van der Waals surface area contributed by atoms with Gasteiger partial charge >= 0.3 is 0 Å². The number of guanidine groups is 1. The number of hydrogen-bond donors (Lipinski definition) is 3. The Kier molecular flexibility index (Phi) is 5.69. The standard InChI is InChI=1S/C14H20N6O2S/c15-13(16)19(20(21)22)17-14(23)18(11-7-3-1-4-8-11)12-9-5-2-6-10-12/h1,3-4,7-8,12H,2,5-6,9-10H2,(H3,15,16)(H,17,23). The maximum absolute atomic E-state index is 11.0. The molecule has 0 saturated heterocycles. The quantitative estimate of drug-likeness (QED) is 0.254. The van der Waals surface area contributed by atoms with Crippen molar-refractivity contribution in [2.75, 3.05) is 4.90 Å². The van der Waals surface area contributed by atoms with Gasteiger partial charge in [-0.15, -0.1) is 0 Å². The molecule has 23 heavy (non-hydrogen) atoms. The Labute approximate surface area is 139 Å². The van der Waals surface area contributed by atoms with Crippen molar-refractivity contribution in [2.45, 2.75) is 38.1 Å². The van der Waals surface area contributed by atoms with E-state index in [1.54, 1.807) is 0 Å². The average molecular weight is 336 g/mol. The summed E-state index contributed by atoms with van der Waals surface area (Å²) in [4.78, 5) is 12.9. The molecule has 1 aliphatic rings. The highest BCUT2D eigenvalue weighted by Crippen LogP contribution is 2.27. The Hall–Kier alpha value is -2.42. The molecule has 0 radical (unpaired) electrons. The Morgan fingerprint density at radius 2 is 1.91 bits per heavy atom. The highest BCUT2D eigenvalue weighted by Gasteiger charge is 2.28. The molecule has 0 bridgehead atoms. The first kappa shape index (κ1) is 16.9. The number of benzene rings is 1. The molecule has 1 aromatic carbocycles. The van der Waals surface area contributed by atoms with E-state index in [1.807, 2.05) is 35.2 Å². The van der Waals surface area contributed by atoms with E-state index in [-0.39, 0.29) is 11.2 Å². The second-order valence-electron chi connectivity index (χ2n) is 5.35. The number of para-hydroxylation sites is 1. The van der Waals surface area contributed by atoms with Crippen LogP contribution in [-0.2, 0) is 0 Å². The lowest BCUT2D eigenvalue weighted by molar-refractivity contribution is -0.639. The molecule has 1 aliphatic carbocycles. The fraction of sp³-hybridized carbons (Fsp3) is 0.429. The summed E-state index contributed by atoms with van der Waals surface area (Å²) < 4.78 is 0. The number of anilines is 1. The normalized spacial score (nSPS) is 14.8. The van der Waals surface area contributed by atoms with Gasteiger partial charge in [0.1, 0.15) is 0 Å². The van der Waals surface area contributed by atoms with Gasteiger partial charge in [-0.2, -0.15) is 0 Å². The Morgan fingerprint density at radius 3 is 2.43 bits per heavy atom. The lowest BCUT2D eigenvalue weighted by Gasteiger charge is -2.36. The predicted octanol–water partition coefficient (Wildman–Crippen LogP) is 2.00. The van der Waals surface area contributed by atoms with Crippen molar-refractivity contribution in [2.24, 2.45) is 5.73 Å². The van der Waals surface area contributed by atoms with Gasteiger partial charge in [-0.25, -0.2) is 15.5 Å². The van der Waals surface area contributed by atoms with Crippen molar-refractivity contribution in [3.05, 3.63) is 40.4 Å². The van der Waals surface area contributed by atoms with E-state index >= 15 is 0 Å². The second-order valence-corrected chi connectivity index (χ2v) is 5.74. The SMILES string of the molecule is N=C(N)N(NC(=S)N(c1ccccc1)C1CCCCC1)[N+](=O)[O-]. The molecule has 8 nitrogen and oxygen atoms in total. The molecule has 0 aliphatic heterocycles. The van der Waals surface area contributed by atoms with E-state index in [0.29, 0.717) is 5.12 Å². The van der Waals surface area contributed by atoms with Crippen molar-refractivity contribution in [3.8, 4) is 0 Å². The van der Waals surface area contributed by atoms with E-state index in [1.165, 1.54) is 6.42 Å². The maximum atomic E-state index is 11.0. The molecule has 0 atom stereocenters. The van der Waals surface area contributed by atoms with Gasteiger partial charge in [0, 0.05) is 16.8 Å². The minimum atomic E-state index is -0.807. The zero-order valence-electron chi connectivity index (χ0n) is 12.6. The number of rotatable bonds is 3. The number of nitrogens with zero attached hydrogens (tertiary/aromatic N) is 3. The minimum absolute atomic E-state index is 0.162. The first-order valence-electron chi connectivity index (χ1n) is 7.44. The van der Waals surface area contributed by atoms with Crippen LogP contribution in [0, 0.1) is 15.5 Å². The third-order valence-corrected chi connectivity index (χ3v) is 4.07. The van der Waals surface area contributed by atoms with Gasteiger partial charge in [0.15, 0.2) is 10.1 Å². The van der Waals surface area contributed by atoms with E-state index in [2.05, 4.69) is 5.43 Å². The summed E-state index contributed by atoms with van der Waals surface area (Å²) in [6, 6.07) is 9.68. The molecule has 0 spiro atoms. The van der Waals surface area contributed by atoms with E-state index in [9.17, 15) is 10.1 Å². The fourth-order valence-electron chi connectivity index (χ4n) is 2.76. The molecule has 9 heteroatoms. The third-order valence-electron chi connectivity index (χ3n) is 3.79. The number of nitro groups is 1. The third kappa shape index (κ3) is 4.28. The Morgan fingerprint density at radius 1 is 1.30 bits per heavy atom. The molecule has 0 unspecified atom stereocenters. The van der Waals surface area contributed by atoms with E-state index in [4.69, 9.17) is 23.4 Å². The van der Waals surface area contributed by atoms with Crippen molar-refractivity contribution in [1.82, 2.24) is 10.5 Å². The first-order chi connectivity index (χ1) is 11.0. The highest BCUT2D eigenvalue weighted by molar-refractivity contribution is 7.80. The zero-order valence-corrected chi connectivity index (χ0v) is 13.5.